The van der Waals surface area contributed by atoms with Crippen LogP contribution in [-0.4, -0.2) is 37.2 Å². The topological polar surface area (TPSA) is 78.9 Å². The molecule has 0 aromatic heterocycles. The van der Waals surface area contributed by atoms with Crippen molar-refractivity contribution < 1.29 is 28.6 Å². The minimum Gasteiger partial charge on any atom is -0.462 e. The molecule has 1 atom stereocenters. The Labute approximate surface area is 394 Å². The van der Waals surface area contributed by atoms with Crippen LogP contribution in [0.4, 0.5) is 0 Å². The molecule has 0 saturated carbocycles. The maximum absolute atomic E-state index is 12.7. The van der Waals surface area contributed by atoms with Crippen molar-refractivity contribution in [2.75, 3.05) is 13.2 Å². The lowest BCUT2D eigenvalue weighted by Gasteiger charge is -2.18. The van der Waals surface area contributed by atoms with Crippen molar-refractivity contribution in [3.8, 4) is 0 Å². The normalized spacial score (nSPS) is 12.9. The molecular formula is C58H96O6. The average molecular weight is 889 g/mol. The Morgan fingerprint density at radius 2 is 0.641 bits per heavy atom. The summed E-state index contributed by atoms with van der Waals surface area (Å²) in [5, 5.41) is 0. The maximum Gasteiger partial charge on any atom is 0.306 e. The van der Waals surface area contributed by atoms with Crippen LogP contribution in [0.3, 0.4) is 0 Å². The third-order valence-electron chi connectivity index (χ3n) is 10.8. The van der Waals surface area contributed by atoms with E-state index in [9.17, 15) is 14.4 Å². The zero-order valence-electron chi connectivity index (χ0n) is 41.5. The molecule has 0 radical (unpaired) electrons. The average Bonchev–Trinajstić information content (AvgIpc) is 3.29. The summed E-state index contributed by atoms with van der Waals surface area (Å²) in [4.78, 5) is 37.8. The minimum atomic E-state index is -0.788. The third-order valence-corrected chi connectivity index (χ3v) is 10.8. The lowest BCUT2D eigenvalue weighted by molar-refractivity contribution is -0.167. The molecule has 0 bridgehead atoms. The summed E-state index contributed by atoms with van der Waals surface area (Å²) in [6.45, 7) is 6.39. The lowest BCUT2D eigenvalue weighted by atomic mass is 10.1. The van der Waals surface area contributed by atoms with E-state index >= 15 is 0 Å². The zero-order chi connectivity index (χ0) is 46.5. The number of ether oxygens (including phenoxy) is 3. The van der Waals surface area contributed by atoms with Crippen LogP contribution in [0, 0.1) is 0 Å². The Morgan fingerprint density at radius 1 is 0.328 bits per heavy atom. The molecule has 6 nitrogen and oxygen atoms in total. The molecule has 364 valence electrons. The number of hydrogen-bond donors (Lipinski definition) is 0. The maximum atomic E-state index is 12.7. The van der Waals surface area contributed by atoms with Gasteiger partial charge in [0.15, 0.2) is 6.10 Å². The summed E-state index contributed by atoms with van der Waals surface area (Å²) in [5.41, 5.74) is 0. The van der Waals surface area contributed by atoms with Gasteiger partial charge in [-0.2, -0.15) is 0 Å². The van der Waals surface area contributed by atoms with E-state index in [2.05, 4.69) is 118 Å². The van der Waals surface area contributed by atoms with Crippen LogP contribution in [0.25, 0.3) is 0 Å². The minimum absolute atomic E-state index is 0.0879. The molecule has 0 aromatic carbocycles. The smallest absolute Gasteiger partial charge is 0.306 e. The highest BCUT2D eigenvalue weighted by Crippen LogP contribution is 2.14. The van der Waals surface area contributed by atoms with E-state index < -0.39 is 6.10 Å². The molecule has 6 heteroatoms. The fourth-order valence-electron chi connectivity index (χ4n) is 6.89. The van der Waals surface area contributed by atoms with E-state index in [4.69, 9.17) is 14.2 Å². The predicted octanol–water partition coefficient (Wildman–Crippen LogP) is 17.4. The Morgan fingerprint density at radius 3 is 1.02 bits per heavy atom. The van der Waals surface area contributed by atoms with Crippen molar-refractivity contribution in [3.63, 3.8) is 0 Å². The second-order valence-electron chi connectivity index (χ2n) is 17.1. The van der Waals surface area contributed by atoms with Gasteiger partial charge in [0.05, 0.1) is 0 Å². The summed E-state index contributed by atoms with van der Waals surface area (Å²) in [5.74, 6) is -0.926. The Bertz CT molecular complexity index is 1300. The zero-order valence-corrected chi connectivity index (χ0v) is 41.5. The fraction of sp³-hybridized carbons (Fsp3) is 0.672. The van der Waals surface area contributed by atoms with Crippen molar-refractivity contribution in [2.45, 2.75) is 239 Å². The second kappa shape index (κ2) is 52.0. The lowest BCUT2D eigenvalue weighted by Crippen LogP contribution is -2.30. The van der Waals surface area contributed by atoms with Crippen molar-refractivity contribution in [3.05, 3.63) is 97.2 Å². The first-order valence-electron chi connectivity index (χ1n) is 26.2. The molecule has 0 amide bonds. The first kappa shape index (κ1) is 60.3. The van der Waals surface area contributed by atoms with Crippen LogP contribution in [0.5, 0.6) is 0 Å². The molecule has 0 aliphatic rings. The molecule has 0 heterocycles. The van der Waals surface area contributed by atoms with Crippen LogP contribution in [0.15, 0.2) is 97.2 Å². The standard InChI is InChI=1S/C58H96O6/c1-4-7-10-13-16-19-21-23-24-25-26-27-28-29-30-31-32-33-34-36-37-39-42-45-48-51-57(60)63-54-55(53-62-56(59)50-47-44-41-18-15-12-9-6-3)64-58(61)52-49-46-43-40-38-35-22-20-17-14-11-8-5-2/h7,10-11,14,16,19-20,22-24,26-27,29-30,32-33,55H,4-6,8-9,12-13,15,17-18,21,25,28,31,34-54H2,1-3H3/b10-7-,14-11-,19-16-,22-20-,24-23-,27-26-,30-29-,33-32-. The van der Waals surface area contributed by atoms with E-state index in [1.807, 2.05) is 0 Å². The highest BCUT2D eigenvalue weighted by Gasteiger charge is 2.19. The molecule has 0 N–H and O–H groups in total. The van der Waals surface area contributed by atoms with Gasteiger partial charge in [0.25, 0.3) is 0 Å². The van der Waals surface area contributed by atoms with Gasteiger partial charge in [0.1, 0.15) is 13.2 Å². The molecule has 0 aliphatic carbocycles. The molecular weight excluding hydrogens is 793 g/mol. The van der Waals surface area contributed by atoms with Crippen LogP contribution in [0.2, 0.25) is 0 Å². The van der Waals surface area contributed by atoms with Crippen molar-refractivity contribution in [1.29, 1.82) is 0 Å². The summed E-state index contributed by atoms with van der Waals surface area (Å²) in [6.07, 6.45) is 68.3. The number of carbonyl (C=O) groups is 3. The number of esters is 3. The van der Waals surface area contributed by atoms with Gasteiger partial charge in [0, 0.05) is 19.3 Å². The Balaban J connectivity index is 4.28. The van der Waals surface area contributed by atoms with Crippen LogP contribution in [-0.2, 0) is 28.6 Å². The van der Waals surface area contributed by atoms with Crippen molar-refractivity contribution in [1.82, 2.24) is 0 Å². The number of carbonyl (C=O) groups excluding carboxylic acids is 3. The molecule has 0 aliphatic heterocycles. The van der Waals surface area contributed by atoms with E-state index in [1.54, 1.807) is 0 Å². The van der Waals surface area contributed by atoms with Crippen molar-refractivity contribution in [2.24, 2.45) is 0 Å². The number of hydrogen-bond acceptors (Lipinski definition) is 6. The van der Waals surface area contributed by atoms with Gasteiger partial charge < -0.3 is 14.2 Å². The molecule has 0 aromatic rings. The Hall–Kier alpha value is -3.67. The van der Waals surface area contributed by atoms with E-state index in [-0.39, 0.29) is 31.1 Å². The quantitative estimate of drug-likeness (QED) is 0.0262. The van der Waals surface area contributed by atoms with Gasteiger partial charge in [-0.15, -0.1) is 0 Å². The van der Waals surface area contributed by atoms with Crippen LogP contribution < -0.4 is 0 Å². The van der Waals surface area contributed by atoms with E-state index in [0.29, 0.717) is 19.3 Å². The van der Waals surface area contributed by atoms with Gasteiger partial charge in [-0.3, -0.25) is 14.4 Å². The molecule has 1 unspecified atom stereocenters. The number of unbranched alkanes of at least 4 members (excludes halogenated alkanes) is 19. The van der Waals surface area contributed by atoms with Gasteiger partial charge in [-0.1, -0.05) is 214 Å². The van der Waals surface area contributed by atoms with Crippen molar-refractivity contribution >= 4 is 17.9 Å². The summed E-state index contributed by atoms with van der Waals surface area (Å²) in [7, 11) is 0. The number of allylic oxidation sites excluding steroid dienone is 16. The summed E-state index contributed by atoms with van der Waals surface area (Å²) >= 11 is 0. The molecule has 64 heavy (non-hydrogen) atoms. The SMILES string of the molecule is CC/C=C\C/C=C\C/C=C\C/C=C\C/C=C\C/C=C\CCCCCCCCC(=O)OCC(COC(=O)CCCCCCCCCC)OC(=O)CCCCCCC/C=C\C/C=C\CCC. The molecule has 0 spiro atoms. The largest absolute Gasteiger partial charge is 0.462 e. The monoisotopic (exact) mass is 889 g/mol. The summed E-state index contributed by atoms with van der Waals surface area (Å²) in [6, 6.07) is 0. The van der Waals surface area contributed by atoms with E-state index in [1.165, 1.54) is 51.4 Å². The van der Waals surface area contributed by atoms with Gasteiger partial charge in [-0.05, 0) is 96.3 Å². The predicted molar refractivity (Wildman–Crippen MR) is 274 cm³/mol. The molecule has 0 rings (SSSR count). The first-order valence-corrected chi connectivity index (χ1v) is 26.2. The second-order valence-corrected chi connectivity index (χ2v) is 17.1. The van der Waals surface area contributed by atoms with Crippen LogP contribution >= 0.6 is 0 Å². The van der Waals surface area contributed by atoms with Gasteiger partial charge >= 0.3 is 17.9 Å². The molecule has 0 fully saturated rings. The third kappa shape index (κ3) is 49.3. The summed E-state index contributed by atoms with van der Waals surface area (Å²) < 4.78 is 16.7. The number of rotatable bonds is 46. The highest BCUT2D eigenvalue weighted by molar-refractivity contribution is 5.71. The first-order chi connectivity index (χ1) is 31.5. The van der Waals surface area contributed by atoms with E-state index in [0.717, 1.165) is 141 Å². The van der Waals surface area contributed by atoms with Gasteiger partial charge in [0.2, 0.25) is 0 Å². The highest BCUT2D eigenvalue weighted by atomic mass is 16.6. The fourth-order valence-corrected chi connectivity index (χ4v) is 6.89. The Kier molecular flexibility index (Phi) is 49.0. The van der Waals surface area contributed by atoms with Crippen LogP contribution in [0.1, 0.15) is 233 Å². The molecule has 0 saturated heterocycles. The van der Waals surface area contributed by atoms with Gasteiger partial charge in [-0.25, -0.2) is 0 Å².